The van der Waals surface area contributed by atoms with Gasteiger partial charge in [0.15, 0.2) is 0 Å². The molecule has 34 heavy (non-hydrogen) atoms. The zero-order valence-corrected chi connectivity index (χ0v) is 21.1. The van der Waals surface area contributed by atoms with Crippen LogP contribution in [0, 0.1) is 0 Å². The quantitative estimate of drug-likeness (QED) is 0.108. The van der Waals surface area contributed by atoms with Crippen LogP contribution in [0.3, 0.4) is 0 Å². The highest BCUT2D eigenvalue weighted by atomic mass is 32.2. The number of esters is 2. The Bertz CT molecular complexity index is 917. The van der Waals surface area contributed by atoms with E-state index in [4.69, 9.17) is 9.47 Å². The smallest absolute Gasteiger partial charge is 0.345 e. The van der Waals surface area contributed by atoms with Gasteiger partial charge in [0.1, 0.15) is 4.90 Å². The molecule has 8 heteroatoms. The van der Waals surface area contributed by atoms with Gasteiger partial charge in [0.05, 0.1) is 23.7 Å². The summed E-state index contributed by atoms with van der Waals surface area (Å²) in [6.07, 6.45) is 18.3. The number of unbranched alkanes of at least 4 members (excludes halogenated alkanes) is 10. The summed E-state index contributed by atoms with van der Waals surface area (Å²) >= 11 is 0. The molecule has 0 amide bonds. The molecule has 0 fully saturated rings. The molecule has 0 aromatic heterocycles. The largest absolute Gasteiger partial charge is 0.431 e. The van der Waals surface area contributed by atoms with Gasteiger partial charge in [0.2, 0.25) is 0 Å². The third kappa shape index (κ3) is 11.6. The van der Waals surface area contributed by atoms with Crippen molar-refractivity contribution in [2.45, 2.75) is 95.8 Å². The second-order valence-electron chi connectivity index (χ2n) is 8.11. The molecule has 190 valence electrons. The summed E-state index contributed by atoms with van der Waals surface area (Å²) in [5, 5.41) is 0. The maximum Gasteiger partial charge on any atom is 0.345 e. The number of rotatable bonds is 17. The molecule has 0 unspecified atom stereocenters. The summed E-state index contributed by atoms with van der Waals surface area (Å²) in [6.45, 7) is 4.28. The average Bonchev–Trinajstić information content (AvgIpc) is 2.81. The van der Waals surface area contributed by atoms with E-state index in [9.17, 15) is 22.6 Å². The van der Waals surface area contributed by atoms with E-state index in [0.717, 1.165) is 63.9 Å². The lowest BCUT2D eigenvalue weighted by molar-refractivity contribution is 0.0614. The third-order valence-electron chi connectivity index (χ3n) is 5.22. The number of carbonyl (C=O) groups excluding carboxylic acids is 2. The highest BCUT2D eigenvalue weighted by molar-refractivity contribution is 7.86. The van der Waals surface area contributed by atoms with Crippen LogP contribution in [-0.2, 0) is 19.6 Å². The lowest BCUT2D eigenvalue weighted by atomic mass is 10.1. The van der Waals surface area contributed by atoms with Crippen molar-refractivity contribution in [2.24, 2.45) is 0 Å². The Labute approximate surface area is 204 Å². The monoisotopic (exact) mass is 494 g/mol. The van der Waals surface area contributed by atoms with Gasteiger partial charge in [0.25, 0.3) is 10.1 Å². The molecule has 0 atom stereocenters. The molecular weight excluding hydrogens is 456 g/mol. The first-order valence-corrected chi connectivity index (χ1v) is 13.6. The average molecular weight is 495 g/mol. The first-order chi connectivity index (χ1) is 16.3. The Kier molecular flexibility index (Phi) is 14.8. The fraction of sp³-hybridized carbons (Fsp3) is 0.538. The highest BCUT2D eigenvalue weighted by Gasteiger charge is 2.28. The number of benzene rings is 1. The van der Waals surface area contributed by atoms with Crippen LogP contribution in [0.25, 0.3) is 0 Å². The van der Waals surface area contributed by atoms with Gasteiger partial charge in [0, 0.05) is 0 Å². The van der Waals surface area contributed by atoms with E-state index in [2.05, 4.69) is 13.8 Å². The Balaban J connectivity index is 2.82. The molecule has 0 aliphatic heterocycles. The summed E-state index contributed by atoms with van der Waals surface area (Å²) in [5.74, 6) is -1.98. The number of hydrogen-bond donors (Lipinski definition) is 1. The second-order valence-corrected chi connectivity index (χ2v) is 9.50. The molecule has 0 heterocycles. The standard InChI is InChI=1S/C26H38O7S/c1-3-5-7-9-11-13-15-20-32-25(27)22-18-17-19-23(34(29,30)31)24(22)26(28)33-21-16-14-12-10-8-6-4-2/h15-21H,3-14H2,1-2H3,(H,29,30,31)/b20-15+,21-16+. The molecule has 0 radical (unpaired) electrons. The van der Waals surface area contributed by atoms with Crippen LogP contribution in [0.15, 0.2) is 47.8 Å². The van der Waals surface area contributed by atoms with Crippen molar-refractivity contribution in [3.05, 3.63) is 54.0 Å². The minimum Gasteiger partial charge on any atom is -0.431 e. The topological polar surface area (TPSA) is 107 Å². The van der Waals surface area contributed by atoms with Gasteiger partial charge >= 0.3 is 11.9 Å². The van der Waals surface area contributed by atoms with E-state index in [1.807, 2.05) is 0 Å². The van der Waals surface area contributed by atoms with Gasteiger partial charge in [-0.1, -0.05) is 71.3 Å². The zero-order valence-electron chi connectivity index (χ0n) is 20.3. The maximum absolute atomic E-state index is 12.6. The molecule has 1 rings (SSSR count). The van der Waals surface area contributed by atoms with Crippen LogP contribution in [0.5, 0.6) is 0 Å². The molecule has 0 saturated heterocycles. The van der Waals surface area contributed by atoms with Crippen LogP contribution in [0.1, 0.15) is 112 Å². The molecule has 1 aromatic carbocycles. The van der Waals surface area contributed by atoms with Crippen LogP contribution < -0.4 is 0 Å². The van der Waals surface area contributed by atoms with Crippen molar-refractivity contribution in [1.82, 2.24) is 0 Å². The summed E-state index contributed by atoms with van der Waals surface area (Å²) < 4.78 is 43.3. The number of carbonyl (C=O) groups is 2. The van der Waals surface area contributed by atoms with Crippen LogP contribution >= 0.6 is 0 Å². The van der Waals surface area contributed by atoms with E-state index < -0.39 is 32.5 Å². The number of hydrogen-bond acceptors (Lipinski definition) is 6. The normalized spacial score (nSPS) is 11.9. The minimum absolute atomic E-state index is 0.305. The van der Waals surface area contributed by atoms with Gasteiger partial charge in [-0.3, -0.25) is 4.55 Å². The van der Waals surface area contributed by atoms with Crippen LogP contribution in [-0.4, -0.2) is 24.9 Å². The SMILES string of the molecule is CCCCCCC/C=C/OC(=O)c1cccc(S(=O)(=O)O)c1C(=O)O/C=C/CCCCCCC. The van der Waals surface area contributed by atoms with Gasteiger partial charge in [-0.2, -0.15) is 8.42 Å². The zero-order chi connectivity index (χ0) is 25.2. The fourth-order valence-electron chi connectivity index (χ4n) is 3.34. The number of ether oxygens (including phenoxy) is 2. The van der Waals surface area contributed by atoms with Crippen LogP contribution in [0.4, 0.5) is 0 Å². The molecule has 0 aliphatic carbocycles. The molecule has 0 saturated carbocycles. The fourth-order valence-corrected chi connectivity index (χ4v) is 4.04. The van der Waals surface area contributed by atoms with Crippen molar-refractivity contribution in [1.29, 1.82) is 0 Å². The van der Waals surface area contributed by atoms with Crippen molar-refractivity contribution in [2.75, 3.05) is 0 Å². The molecular formula is C26H38O7S. The van der Waals surface area contributed by atoms with Gasteiger partial charge in [-0.05, 0) is 50.0 Å². The van der Waals surface area contributed by atoms with Crippen molar-refractivity contribution in [3.63, 3.8) is 0 Å². The second kappa shape index (κ2) is 17.1. The van der Waals surface area contributed by atoms with E-state index in [0.29, 0.717) is 6.42 Å². The molecule has 0 aliphatic rings. The third-order valence-corrected chi connectivity index (χ3v) is 6.12. The minimum atomic E-state index is -4.77. The summed E-state index contributed by atoms with van der Waals surface area (Å²) in [5.41, 5.74) is -0.865. The summed E-state index contributed by atoms with van der Waals surface area (Å²) in [6, 6.07) is 3.54. The lowest BCUT2D eigenvalue weighted by Gasteiger charge is -2.10. The predicted molar refractivity (Wildman–Crippen MR) is 132 cm³/mol. The van der Waals surface area contributed by atoms with E-state index in [1.54, 1.807) is 12.2 Å². The Morgan fingerprint density at radius 1 is 0.794 bits per heavy atom. The maximum atomic E-state index is 12.6. The van der Waals surface area contributed by atoms with Gasteiger partial charge in [-0.25, -0.2) is 9.59 Å². The molecule has 1 N–H and O–H groups in total. The summed E-state index contributed by atoms with van der Waals surface area (Å²) in [7, 11) is -4.77. The van der Waals surface area contributed by atoms with Crippen LogP contribution in [0.2, 0.25) is 0 Å². The van der Waals surface area contributed by atoms with Crippen molar-refractivity contribution >= 4 is 22.1 Å². The van der Waals surface area contributed by atoms with Crippen molar-refractivity contribution < 1.29 is 32.0 Å². The molecule has 0 spiro atoms. The predicted octanol–water partition coefficient (Wildman–Crippen LogP) is 7.00. The Morgan fingerprint density at radius 3 is 1.79 bits per heavy atom. The molecule has 0 bridgehead atoms. The number of allylic oxidation sites excluding steroid dienone is 2. The first-order valence-electron chi connectivity index (χ1n) is 12.1. The lowest BCUT2D eigenvalue weighted by Crippen LogP contribution is -2.16. The van der Waals surface area contributed by atoms with Gasteiger partial charge < -0.3 is 9.47 Å². The molecule has 1 aromatic rings. The van der Waals surface area contributed by atoms with Gasteiger partial charge in [-0.15, -0.1) is 0 Å². The summed E-state index contributed by atoms with van der Waals surface area (Å²) in [4.78, 5) is 24.5. The Hall–Kier alpha value is -2.45. The van der Waals surface area contributed by atoms with E-state index in [1.165, 1.54) is 37.5 Å². The first kappa shape index (κ1) is 29.6. The van der Waals surface area contributed by atoms with E-state index in [-0.39, 0.29) is 5.56 Å². The Morgan fingerprint density at radius 2 is 1.29 bits per heavy atom. The molecule has 7 nitrogen and oxygen atoms in total. The van der Waals surface area contributed by atoms with E-state index >= 15 is 0 Å². The highest BCUT2D eigenvalue weighted by Crippen LogP contribution is 2.22. The van der Waals surface area contributed by atoms with Crippen molar-refractivity contribution in [3.8, 4) is 0 Å².